The molecule has 0 heterocycles. The van der Waals surface area contributed by atoms with Crippen molar-refractivity contribution in [1.29, 1.82) is 0 Å². The highest BCUT2D eigenvalue weighted by molar-refractivity contribution is 5.11. The smallest absolute Gasteiger partial charge is 0.0832 e. The Bertz CT molecular complexity index is 573. The standard InChI is InChI=1S/C27H48O2/c1-17(2)7-6-8-18(3)20-11-12-21-19-9-10-23-25(29)24(28)14-16-27(23,5)22(19)13-15-26(20,21)4/h17-25,28-29H,6-16H2,1-5H3/t18-,19+,20-,21+,22+,23?,24+,25+,26-,27-/m1/s1. The Balaban J connectivity index is 1.48. The van der Waals surface area contributed by atoms with Crippen molar-refractivity contribution in [3.8, 4) is 0 Å². The second-order valence-electron chi connectivity index (χ2n) is 12.7. The summed E-state index contributed by atoms with van der Waals surface area (Å²) in [5.74, 6) is 5.50. The first kappa shape index (κ1) is 22.1. The van der Waals surface area contributed by atoms with E-state index in [1.807, 2.05) is 0 Å². The predicted octanol–water partition coefficient (Wildman–Crippen LogP) is 6.44. The van der Waals surface area contributed by atoms with E-state index in [-0.39, 0.29) is 5.41 Å². The van der Waals surface area contributed by atoms with Crippen molar-refractivity contribution in [1.82, 2.24) is 0 Å². The minimum Gasteiger partial charge on any atom is -0.390 e. The molecular weight excluding hydrogens is 356 g/mol. The first-order chi connectivity index (χ1) is 13.7. The topological polar surface area (TPSA) is 40.5 Å². The third-order valence-electron chi connectivity index (χ3n) is 10.9. The Labute approximate surface area is 180 Å². The van der Waals surface area contributed by atoms with E-state index in [1.54, 1.807) is 0 Å². The second kappa shape index (κ2) is 8.12. The lowest BCUT2D eigenvalue weighted by molar-refractivity contribution is -0.174. The maximum atomic E-state index is 10.8. The number of aliphatic hydroxyl groups excluding tert-OH is 2. The number of hydrogen-bond donors (Lipinski definition) is 2. The lowest BCUT2D eigenvalue weighted by Gasteiger charge is -2.62. The van der Waals surface area contributed by atoms with Crippen LogP contribution in [0.15, 0.2) is 0 Å². The van der Waals surface area contributed by atoms with Gasteiger partial charge in [-0.3, -0.25) is 0 Å². The van der Waals surface area contributed by atoms with E-state index in [9.17, 15) is 10.2 Å². The van der Waals surface area contributed by atoms with Crippen molar-refractivity contribution >= 4 is 0 Å². The van der Waals surface area contributed by atoms with Gasteiger partial charge in [-0.15, -0.1) is 0 Å². The van der Waals surface area contributed by atoms with Gasteiger partial charge in [0, 0.05) is 0 Å². The van der Waals surface area contributed by atoms with Crippen LogP contribution in [-0.4, -0.2) is 22.4 Å². The van der Waals surface area contributed by atoms with Crippen molar-refractivity contribution in [2.24, 2.45) is 52.3 Å². The molecule has 2 N–H and O–H groups in total. The normalized spacial score (nSPS) is 50.7. The van der Waals surface area contributed by atoms with Gasteiger partial charge in [0.15, 0.2) is 0 Å². The first-order valence-electron chi connectivity index (χ1n) is 13.0. The van der Waals surface area contributed by atoms with Crippen LogP contribution in [0.3, 0.4) is 0 Å². The summed E-state index contributed by atoms with van der Waals surface area (Å²) >= 11 is 0. The zero-order valence-electron chi connectivity index (χ0n) is 19.9. The third kappa shape index (κ3) is 3.63. The minimum atomic E-state index is -0.486. The molecular formula is C27H48O2. The van der Waals surface area contributed by atoms with Crippen LogP contribution >= 0.6 is 0 Å². The zero-order valence-corrected chi connectivity index (χ0v) is 19.9. The van der Waals surface area contributed by atoms with E-state index < -0.39 is 12.2 Å². The van der Waals surface area contributed by atoms with Gasteiger partial charge in [0.2, 0.25) is 0 Å². The van der Waals surface area contributed by atoms with E-state index in [2.05, 4.69) is 34.6 Å². The molecule has 29 heavy (non-hydrogen) atoms. The van der Waals surface area contributed by atoms with Crippen molar-refractivity contribution in [2.75, 3.05) is 0 Å². The van der Waals surface area contributed by atoms with Gasteiger partial charge in [0.25, 0.3) is 0 Å². The van der Waals surface area contributed by atoms with Gasteiger partial charge in [-0.1, -0.05) is 53.9 Å². The van der Waals surface area contributed by atoms with Gasteiger partial charge in [-0.2, -0.15) is 0 Å². The fourth-order valence-corrected chi connectivity index (χ4v) is 9.34. The molecule has 10 atom stereocenters. The summed E-state index contributed by atoms with van der Waals surface area (Å²) in [4.78, 5) is 0. The number of fused-ring (bicyclic) bond motifs is 5. The van der Waals surface area contributed by atoms with Crippen molar-refractivity contribution in [3.63, 3.8) is 0 Å². The highest BCUT2D eigenvalue weighted by atomic mass is 16.3. The lowest BCUT2D eigenvalue weighted by Crippen LogP contribution is -2.58. The number of hydrogen-bond acceptors (Lipinski definition) is 2. The Morgan fingerprint density at radius 1 is 0.759 bits per heavy atom. The van der Waals surface area contributed by atoms with E-state index in [4.69, 9.17) is 0 Å². The molecule has 0 bridgehead atoms. The zero-order chi connectivity index (χ0) is 21.0. The molecule has 168 valence electrons. The molecule has 0 radical (unpaired) electrons. The summed E-state index contributed by atoms with van der Waals surface area (Å²) in [6, 6.07) is 0. The van der Waals surface area contributed by atoms with Crippen LogP contribution in [0.25, 0.3) is 0 Å². The summed E-state index contributed by atoms with van der Waals surface area (Å²) < 4.78 is 0. The SMILES string of the molecule is CC(C)CCC[C@@H](C)[C@H]1CC[C@H]2[C@@H]3CCC4[C@H](O)[C@@H](O)CC[C@]4(C)[C@H]3CC[C@]12C. The van der Waals surface area contributed by atoms with E-state index in [1.165, 1.54) is 51.4 Å². The van der Waals surface area contributed by atoms with Gasteiger partial charge >= 0.3 is 0 Å². The Kier molecular flexibility index (Phi) is 6.19. The molecule has 0 aromatic heterocycles. The molecule has 1 unspecified atom stereocenters. The highest BCUT2D eigenvalue weighted by Gasteiger charge is 2.61. The average molecular weight is 405 g/mol. The Hall–Kier alpha value is -0.0800. The van der Waals surface area contributed by atoms with E-state index in [0.717, 1.165) is 54.8 Å². The molecule has 4 aliphatic rings. The molecule has 0 aliphatic heterocycles. The summed E-state index contributed by atoms with van der Waals surface area (Å²) in [6.07, 6.45) is 13.3. The molecule has 0 saturated heterocycles. The van der Waals surface area contributed by atoms with Gasteiger partial charge in [0.05, 0.1) is 12.2 Å². The van der Waals surface area contributed by atoms with Gasteiger partial charge in [-0.05, 0) is 104 Å². The summed E-state index contributed by atoms with van der Waals surface area (Å²) in [5, 5.41) is 21.0. The number of rotatable bonds is 5. The molecule has 4 fully saturated rings. The van der Waals surface area contributed by atoms with Crippen molar-refractivity contribution < 1.29 is 10.2 Å². The van der Waals surface area contributed by atoms with E-state index >= 15 is 0 Å². The minimum absolute atomic E-state index is 0.254. The van der Waals surface area contributed by atoms with Gasteiger partial charge in [-0.25, -0.2) is 0 Å². The molecule has 4 aliphatic carbocycles. The molecule has 0 amide bonds. The first-order valence-corrected chi connectivity index (χ1v) is 13.0. The van der Waals surface area contributed by atoms with Gasteiger partial charge < -0.3 is 10.2 Å². The van der Waals surface area contributed by atoms with Crippen molar-refractivity contribution in [2.45, 2.75) is 117 Å². The van der Waals surface area contributed by atoms with E-state index in [0.29, 0.717) is 11.3 Å². The van der Waals surface area contributed by atoms with Gasteiger partial charge in [0.1, 0.15) is 0 Å². The predicted molar refractivity (Wildman–Crippen MR) is 120 cm³/mol. The van der Waals surface area contributed by atoms with Crippen LogP contribution in [0.2, 0.25) is 0 Å². The summed E-state index contributed by atoms with van der Waals surface area (Å²) in [7, 11) is 0. The maximum absolute atomic E-state index is 10.8. The van der Waals surface area contributed by atoms with Crippen LogP contribution in [-0.2, 0) is 0 Å². The second-order valence-corrected chi connectivity index (χ2v) is 12.7. The maximum Gasteiger partial charge on any atom is 0.0832 e. The largest absolute Gasteiger partial charge is 0.390 e. The molecule has 0 aromatic rings. The third-order valence-corrected chi connectivity index (χ3v) is 10.9. The Morgan fingerprint density at radius 3 is 2.14 bits per heavy atom. The fraction of sp³-hybridized carbons (Fsp3) is 1.00. The van der Waals surface area contributed by atoms with Crippen LogP contribution in [0.1, 0.15) is 105 Å². The highest BCUT2D eigenvalue weighted by Crippen LogP contribution is 2.68. The molecule has 0 spiro atoms. The number of aliphatic hydroxyl groups is 2. The summed E-state index contributed by atoms with van der Waals surface area (Å²) in [6.45, 7) is 12.4. The molecule has 2 nitrogen and oxygen atoms in total. The lowest BCUT2D eigenvalue weighted by atomic mass is 9.44. The van der Waals surface area contributed by atoms with Crippen LogP contribution in [0, 0.1) is 52.3 Å². The monoisotopic (exact) mass is 404 g/mol. The van der Waals surface area contributed by atoms with Crippen LogP contribution in [0.4, 0.5) is 0 Å². The quantitative estimate of drug-likeness (QED) is 0.553. The molecule has 4 saturated carbocycles. The molecule has 0 aromatic carbocycles. The van der Waals surface area contributed by atoms with Crippen LogP contribution in [0.5, 0.6) is 0 Å². The summed E-state index contributed by atoms with van der Waals surface area (Å²) in [5.41, 5.74) is 0.804. The molecule has 4 rings (SSSR count). The van der Waals surface area contributed by atoms with Crippen molar-refractivity contribution in [3.05, 3.63) is 0 Å². The Morgan fingerprint density at radius 2 is 1.41 bits per heavy atom. The van der Waals surface area contributed by atoms with Crippen LogP contribution < -0.4 is 0 Å². The average Bonchev–Trinajstić information content (AvgIpc) is 3.02. The molecule has 2 heteroatoms. The fourth-order valence-electron chi connectivity index (χ4n) is 9.34.